The van der Waals surface area contributed by atoms with E-state index in [1.165, 1.54) is 20.2 Å². The van der Waals surface area contributed by atoms with Crippen molar-refractivity contribution in [2.45, 2.75) is 0 Å². The van der Waals surface area contributed by atoms with E-state index in [9.17, 15) is 0 Å². The van der Waals surface area contributed by atoms with Crippen LogP contribution < -0.4 is 0 Å². The Morgan fingerprint density at radius 3 is 2.63 bits per heavy atom. The van der Waals surface area contributed by atoms with Gasteiger partial charge in [0, 0.05) is 32.6 Å². The lowest BCUT2D eigenvalue weighted by atomic mass is 10.0. The van der Waals surface area contributed by atoms with Gasteiger partial charge in [-0.25, -0.2) is 0 Å². The average Bonchev–Trinajstić information content (AvgIpc) is 2.86. The van der Waals surface area contributed by atoms with Gasteiger partial charge < -0.3 is 0 Å². The third kappa shape index (κ3) is 1.72. The van der Waals surface area contributed by atoms with Crippen LogP contribution in [-0.4, -0.2) is 4.98 Å². The van der Waals surface area contributed by atoms with E-state index in [2.05, 4.69) is 47.4 Å². The molecule has 0 amide bonds. The minimum atomic E-state index is 1.12. The Morgan fingerprint density at radius 1 is 0.895 bits per heavy atom. The molecule has 2 heterocycles. The highest BCUT2D eigenvalue weighted by Gasteiger charge is 2.06. The van der Waals surface area contributed by atoms with Crippen molar-refractivity contribution < 1.29 is 0 Å². The van der Waals surface area contributed by atoms with Crippen LogP contribution in [0, 0.1) is 6.07 Å². The number of thiophene rings is 1. The lowest BCUT2D eigenvalue weighted by Gasteiger charge is -2.00. The monoisotopic (exact) mass is 260 g/mol. The molecule has 0 N–H and O–H groups in total. The van der Waals surface area contributed by atoms with Crippen LogP contribution in [0.4, 0.5) is 0 Å². The van der Waals surface area contributed by atoms with Crippen LogP contribution in [0.2, 0.25) is 0 Å². The number of benzene rings is 2. The SMILES string of the molecule is [c]1cc2sc3ccccc3c2cc1-c1ccncc1. The number of hydrogen-bond donors (Lipinski definition) is 0. The second-order valence-electron chi connectivity index (χ2n) is 4.46. The van der Waals surface area contributed by atoms with Gasteiger partial charge >= 0.3 is 0 Å². The van der Waals surface area contributed by atoms with Crippen LogP contribution in [0.3, 0.4) is 0 Å². The molecule has 2 aromatic heterocycles. The maximum absolute atomic E-state index is 4.06. The summed E-state index contributed by atoms with van der Waals surface area (Å²) in [6, 6.07) is 20.3. The van der Waals surface area contributed by atoms with E-state index in [-0.39, 0.29) is 0 Å². The number of rotatable bonds is 1. The molecule has 0 fully saturated rings. The molecule has 0 aliphatic rings. The molecule has 0 saturated heterocycles. The van der Waals surface area contributed by atoms with E-state index in [0.717, 1.165) is 11.1 Å². The smallest absolute Gasteiger partial charge is 0.0362 e. The van der Waals surface area contributed by atoms with Gasteiger partial charge in [-0.15, -0.1) is 11.3 Å². The molecule has 0 spiro atoms. The molecule has 0 saturated carbocycles. The van der Waals surface area contributed by atoms with Gasteiger partial charge in [0.15, 0.2) is 0 Å². The highest BCUT2D eigenvalue weighted by atomic mass is 32.1. The lowest BCUT2D eigenvalue weighted by Crippen LogP contribution is -1.78. The summed E-state index contributed by atoms with van der Waals surface area (Å²) < 4.78 is 2.62. The van der Waals surface area contributed by atoms with Crippen LogP contribution in [0.1, 0.15) is 0 Å². The van der Waals surface area contributed by atoms with Gasteiger partial charge in [0.1, 0.15) is 0 Å². The molecule has 1 radical (unpaired) electrons. The fourth-order valence-electron chi connectivity index (χ4n) is 2.37. The normalized spacial score (nSPS) is 11.2. The predicted molar refractivity (Wildman–Crippen MR) is 81.4 cm³/mol. The molecule has 89 valence electrons. The van der Waals surface area contributed by atoms with Crippen molar-refractivity contribution in [2.75, 3.05) is 0 Å². The van der Waals surface area contributed by atoms with E-state index in [0.29, 0.717) is 0 Å². The molecule has 2 aromatic carbocycles. The second-order valence-corrected chi connectivity index (χ2v) is 5.54. The minimum absolute atomic E-state index is 1.12. The Kier molecular flexibility index (Phi) is 2.35. The fourth-order valence-corrected chi connectivity index (χ4v) is 3.44. The molecule has 1 nitrogen and oxygen atoms in total. The number of nitrogens with zero attached hydrogens (tertiary/aromatic N) is 1. The van der Waals surface area contributed by atoms with Crippen LogP contribution in [-0.2, 0) is 0 Å². The Morgan fingerprint density at radius 2 is 1.74 bits per heavy atom. The molecule has 0 aliphatic heterocycles. The van der Waals surface area contributed by atoms with Crippen molar-refractivity contribution >= 4 is 31.5 Å². The summed E-state index contributed by atoms with van der Waals surface area (Å²) in [5, 5.41) is 2.64. The van der Waals surface area contributed by atoms with Gasteiger partial charge in [-0.2, -0.15) is 0 Å². The highest BCUT2D eigenvalue weighted by molar-refractivity contribution is 7.25. The first-order valence-corrected chi connectivity index (χ1v) is 6.97. The highest BCUT2D eigenvalue weighted by Crippen LogP contribution is 2.35. The standard InChI is InChI=1S/C17H10NS/c1-2-4-16-14(3-1)15-11-13(5-6-17(15)19-16)12-7-9-18-10-8-12/h1-4,6-11H. The van der Waals surface area contributed by atoms with E-state index < -0.39 is 0 Å². The summed E-state index contributed by atoms with van der Waals surface area (Å²) in [7, 11) is 0. The molecule has 0 bridgehead atoms. The molecule has 2 heteroatoms. The zero-order chi connectivity index (χ0) is 12.7. The van der Waals surface area contributed by atoms with E-state index in [1.54, 1.807) is 0 Å². The summed E-state index contributed by atoms with van der Waals surface area (Å²) in [4.78, 5) is 4.06. The van der Waals surface area contributed by atoms with Crippen LogP contribution in [0.5, 0.6) is 0 Å². The van der Waals surface area contributed by atoms with Gasteiger partial charge in [-0.1, -0.05) is 18.2 Å². The molecule has 19 heavy (non-hydrogen) atoms. The Labute approximate surface area is 115 Å². The van der Waals surface area contributed by atoms with Crippen molar-refractivity contribution in [1.29, 1.82) is 0 Å². The van der Waals surface area contributed by atoms with Gasteiger partial charge in [-0.05, 0) is 47.5 Å². The first-order chi connectivity index (χ1) is 9.42. The van der Waals surface area contributed by atoms with Crippen LogP contribution >= 0.6 is 11.3 Å². The molecule has 0 aliphatic carbocycles. The number of pyridine rings is 1. The first kappa shape index (κ1) is 10.7. The van der Waals surface area contributed by atoms with E-state index in [4.69, 9.17) is 0 Å². The zero-order valence-electron chi connectivity index (χ0n) is 10.1. The second kappa shape index (κ2) is 4.18. The lowest BCUT2D eigenvalue weighted by molar-refractivity contribution is 1.33. The quantitative estimate of drug-likeness (QED) is 0.473. The summed E-state index contributed by atoms with van der Waals surface area (Å²) in [6.45, 7) is 0. The van der Waals surface area contributed by atoms with Gasteiger partial charge in [0.2, 0.25) is 0 Å². The van der Waals surface area contributed by atoms with Crippen LogP contribution in [0.25, 0.3) is 31.3 Å². The molecule has 4 aromatic rings. The molecule has 0 unspecified atom stereocenters. The maximum Gasteiger partial charge on any atom is 0.0362 e. The summed E-state index contributed by atoms with van der Waals surface area (Å²) in [5.74, 6) is 0. The largest absolute Gasteiger partial charge is 0.265 e. The van der Waals surface area contributed by atoms with Crippen molar-refractivity contribution in [2.24, 2.45) is 0 Å². The van der Waals surface area contributed by atoms with Crippen LogP contribution in [0.15, 0.2) is 60.9 Å². The van der Waals surface area contributed by atoms with Gasteiger partial charge in [0.05, 0.1) is 0 Å². The molecule has 4 rings (SSSR count). The van der Waals surface area contributed by atoms with Crippen molar-refractivity contribution in [3.63, 3.8) is 0 Å². The third-order valence-electron chi connectivity index (χ3n) is 3.30. The first-order valence-electron chi connectivity index (χ1n) is 6.15. The Balaban J connectivity index is 2.03. The Bertz CT molecular complexity index is 862. The number of fused-ring (bicyclic) bond motifs is 3. The van der Waals surface area contributed by atoms with E-state index >= 15 is 0 Å². The average molecular weight is 260 g/mol. The van der Waals surface area contributed by atoms with Crippen molar-refractivity contribution in [3.05, 3.63) is 67.0 Å². The fraction of sp³-hybridized carbons (Fsp3) is 0. The predicted octanol–water partition coefficient (Wildman–Crippen LogP) is 4.92. The van der Waals surface area contributed by atoms with Crippen molar-refractivity contribution in [1.82, 2.24) is 4.98 Å². The van der Waals surface area contributed by atoms with Gasteiger partial charge in [-0.3, -0.25) is 4.98 Å². The maximum atomic E-state index is 4.06. The zero-order valence-corrected chi connectivity index (χ0v) is 10.9. The minimum Gasteiger partial charge on any atom is -0.265 e. The third-order valence-corrected chi connectivity index (χ3v) is 4.43. The molecular formula is C17H10NS. The summed E-state index contributed by atoms with van der Waals surface area (Å²) in [6.07, 6.45) is 3.64. The topological polar surface area (TPSA) is 12.9 Å². The molecular weight excluding hydrogens is 250 g/mol. The van der Waals surface area contributed by atoms with E-state index in [1.807, 2.05) is 35.9 Å². The number of hydrogen-bond acceptors (Lipinski definition) is 2. The summed E-state index contributed by atoms with van der Waals surface area (Å²) in [5.41, 5.74) is 2.28. The Hall–Kier alpha value is -2.19. The molecule has 0 atom stereocenters. The van der Waals surface area contributed by atoms with Gasteiger partial charge in [0.25, 0.3) is 0 Å². The number of aromatic nitrogens is 1. The van der Waals surface area contributed by atoms with Crippen molar-refractivity contribution in [3.8, 4) is 11.1 Å². The summed E-state index contributed by atoms with van der Waals surface area (Å²) >= 11 is 1.82.